The second-order valence-corrected chi connectivity index (χ2v) is 7.71. The zero-order valence-corrected chi connectivity index (χ0v) is 16.3. The van der Waals surface area contributed by atoms with Crippen LogP contribution in [0.25, 0.3) is 17.2 Å². The van der Waals surface area contributed by atoms with Crippen LogP contribution in [0, 0.1) is 0 Å². The van der Waals surface area contributed by atoms with E-state index in [1.165, 1.54) is 28.5 Å². The molecule has 3 heterocycles. The number of nitrogens with one attached hydrogen (secondary N) is 2. The summed E-state index contributed by atoms with van der Waals surface area (Å²) in [6, 6.07) is 12.4. The average Bonchev–Trinajstić information content (AvgIpc) is 3.12. The lowest BCUT2D eigenvalue weighted by atomic mass is 9.87. The number of aromatic nitrogens is 5. The molecule has 1 amide bonds. The van der Waals surface area contributed by atoms with Gasteiger partial charge in [-0.05, 0) is 23.1 Å². The van der Waals surface area contributed by atoms with Crippen molar-refractivity contribution in [3.05, 3.63) is 76.3 Å². The fraction of sp³-hybridized carbons (Fsp3) is 0.190. The first-order valence-electron chi connectivity index (χ1n) is 9.14. The van der Waals surface area contributed by atoms with Gasteiger partial charge in [0.25, 0.3) is 11.5 Å². The molecule has 4 aromatic rings. The third kappa shape index (κ3) is 3.77. The standard InChI is InChI=1S/C21H20N6O2/c1-21(2,3)15-6-4-13(5-7-15)18-25-20-24-17(28)12-16(27(20)26-18)23-19(29)14-8-10-22-11-9-14/h4-12H,1-3H3,(H,23,29)(H,24,25,26,28). The maximum absolute atomic E-state index is 12.5. The van der Waals surface area contributed by atoms with Crippen molar-refractivity contribution in [2.75, 3.05) is 5.32 Å². The molecule has 8 nitrogen and oxygen atoms in total. The van der Waals surface area contributed by atoms with Crippen LogP contribution >= 0.6 is 0 Å². The van der Waals surface area contributed by atoms with E-state index in [1.54, 1.807) is 12.1 Å². The highest BCUT2D eigenvalue weighted by molar-refractivity contribution is 6.03. The van der Waals surface area contributed by atoms with Crippen molar-refractivity contribution >= 4 is 17.5 Å². The molecule has 4 rings (SSSR count). The van der Waals surface area contributed by atoms with E-state index in [-0.39, 0.29) is 28.5 Å². The minimum Gasteiger partial charge on any atom is -0.306 e. The number of pyridine rings is 1. The van der Waals surface area contributed by atoms with Gasteiger partial charge in [0.15, 0.2) is 5.82 Å². The normalized spacial score (nSPS) is 11.6. The van der Waals surface area contributed by atoms with Gasteiger partial charge in [0.2, 0.25) is 5.78 Å². The molecule has 0 saturated heterocycles. The number of anilines is 1. The number of rotatable bonds is 3. The molecule has 0 aliphatic carbocycles. The lowest BCUT2D eigenvalue weighted by molar-refractivity contribution is 0.102. The van der Waals surface area contributed by atoms with Gasteiger partial charge in [-0.15, -0.1) is 5.10 Å². The van der Waals surface area contributed by atoms with Crippen molar-refractivity contribution in [3.8, 4) is 11.4 Å². The molecule has 0 spiro atoms. The lowest BCUT2D eigenvalue weighted by Gasteiger charge is -2.18. The molecule has 8 heteroatoms. The summed E-state index contributed by atoms with van der Waals surface area (Å²) in [7, 11) is 0. The summed E-state index contributed by atoms with van der Waals surface area (Å²) in [5.74, 6) is 0.561. The number of H-pyrrole nitrogens is 1. The van der Waals surface area contributed by atoms with Crippen LogP contribution in [0.2, 0.25) is 0 Å². The predicted molar refractivity (Wildman–Crippen MR) is 110 cm³/mol. The molecule has 0 unspecified atom stereocenters. The summed E-state index contributed by atoms with van der Waals surface area (Å²) in [4.78, 5) is 35.4. The van der Waals surface area contributed by atoms with E-state index in [0.29, 0.717) is 11.4 Å². The Morgan fingerprint density at radius 3 is 2.41 bits per heavy atom. The quantitative estimate of drug-likeness (QED) is 0.561. The molecule has 0 saturated carbocycles. The van der Waals surface area contributed by atoms with E-state index < -0.39 is 0 Å². The topological polar surface area (TPSA) is 105 Å². The number of hydrogen-bond acceptors (Lipinski definition) is 5. The number of carbonyl (C=O) groups excluding carboxylic acids is 1. The van der Waals surface area contributed by atoms with E-state index in [0.717, 1.165) is 5.56 Å². The van der Waals surface area contributed by atoms with Gasteiger partial charge in [0.05, 0.1) is 0 Å². The maximum Gasteiger partial charge on any atom is 0.256 e. The van der Waals surface area contributed by atoms with E-state index in [4.69, 9.17) is 0 Å². The van der Waals surface area contributed by atoms with Crippen LogP contribution in [0.3, 0.4) is 0 Å². The summed E-state index contributed by atoms with van der Waals surface area (Å²) in [5.41, 5.74) is 2.09. The van der Waals surface area contributed by atoms with Gasteiger partial charge in [0, 0.05) is 29.6 Å². The molecular formula is C21H20N6O2. The smallest absolute Gasteiger partial charge is 0.256 e. The molecule has 0 bridgehead atoms. The van der Waals surface area contributed by atoms with Gasteiger partial charge in [-0.25, -0.2) is 0 Å². The molecule has 0 atom stereocenters. The largest absolute Gasteiger partial charge is 0.306 e. The van der Waals surface area contributed by atoms with Gasteiger partial charge in [0.1, 0.15) is 5.82 Å². The van der Waals surface area contributed by atoms with Crippen LogP contribution in [-0.2, 0) is 5.41 Å². The van der Waals surface area contributed by atoms with Crippen LogP contribution in [0.5, 0.6) is 0 Å². The molecule has 3 aromatic heterocycles. The SMILES string of the molecule is CC(C)(C)c1ccc(-c2nc3[nH]c(=O)cc(NC(=O)c4ccncc4)n3n2)cc1. The average molecular weight is 388 g/mol. The third-order valence-corrected chi connectivity index (χ3v) is 4.53. The third-order valence-electron chi connectivity index (χ3n) is 4.53. The highest BCUT2D eigenvalue weighted by Crippen LogP contribution is 2.25. The Labute approximate surface area is 166 Å². The van der Waals surface area contributed by atoms with Crippen molar-refractivity contribution in [1.29, 1.82) is 0 Å². The number of fused-ring (bicyclic) bond motifs is 1. The fourth-order valence-electron chi connectivity index (χ4n) is 2.91. The Hall–Kier alpha value is -3.81. The van der Waals surface area contributed by atoms with Gasteiger partial charge in [-0.1, -0.05) is 45.0 Å². The first kappa shape index (κ1) is 18.5. The molecule has 2 N–H and O–H groups in total. The predicted octanol–water partition coefficient (Wildman–Crippen LogP) is 3.03. The summed E-state index contributed by atoms with van der Waals surface area (Å²) in [5, 5.41) is 7.18. The molecule has 0 aliphatic rings. The minimum absolute atomic E-state index is 0.0422. The first-order chi connectivity index (χ1) is 13.8. The van der Waals surface area contributed by atoms with E-state index in [9.17, 15) is 9.59 Å². The van der Waals surface area contributed by atoms with Crippen molar-refractivity contribution in [2.24, 2.45) is 0 Å². The van der Waals surface area contributed by atoms with Crippen LogP contribution < -0.4 is 10.9 Å². The molecular weight excluding hydrogens is 368 g/mol. The minimum atomic E-state index is -0.385. The monoisotopic (exact) mass is 388 g/mol. The van der Waals surface area contributed by atoms with Gasteiger partial charge >= 0.3 is 0 Å². The molecule has 1 aromatic carbocycles. The molecule has 29 heavy (non-hydrogen) atoms. The molecule has 0 fully saturated rings. The second-order valence-electron chi connectivity index (χ2n) is 7.71. The van der Waals surface area contributed by atoms with Crippen molar-refractivity contribution in [2.45, 2.75) is 26.2 Å². The number of nitrogens with zero attached hydrogens (tertiary/aromatic N) is 4. The van der Waals surface area contributed by atoms with Crippen LogP contribution in [0.15, 0.2) is 59.7 Å². The van der Waals surface area contributed by atoms with Crippen LogP contribution in [-0.4, -0.2) is 30.5 Å². The van der Waals surface area contributed by atoms with E-state index in [1.807, 2.05) is 24.3 Å². The Morgan fingerprint density at radius 2 is 1.76 bits per heavy atom. The Morgan fingerprint density at radius 1 is 1.07 bits per heavy atom. The number of aromatic amines is 1. The molecule has 0 radical (unpaired) electrons. The maximum atomic E-state index is 12.5. The highest BCUT2D eigenvalue weighted by Gasteiger charge is 2.16. The number of hydrogen-bond donors (Lipinski definition) is 2. The summed E-state index contributed by atoms with van der Waals surface area (Å²) >= 11 is 0. The molecule has 146 valence electrons. The van der Waals surface area contributed by atoms with Crippen LogP contribution in [0.1, 0.15) is 36.7 Å². The number of amides is 1. The zero-order valence-electron chi connectivity index (χ0n) is 16.3. The highest BCUT2D eigenvalue weighted by atomic mass is 16.2. The van der Waals surface area contributed by atoms with Gasteiger partial charge in [-0.2, -0.15) is 9.50 Å². The van der Waals surface area contributed by atoms with E-state index >= 15 is 0 Å². The second kappa shape index (κ2) is 6.97. The molecule has 0 aliphatic heterocycles. The van der Waals surface area contributed by atoms with Crippen molar-refractivity contribution in [1.82, 2.24) is 24.6 Å². The summed E-state index contributed by atoms with van der Waals surface area (Å²) in [6.07, 6.45) is 3.05. The lowest BCUT2D eigenvalue weighted by Crippen LogP contribution is -2.18. The zero-order chi connectivity index (χ0) is 20.6. The summed E-state index contributed by atoms with van der Waals surface area (Å²) in [6.45, 7) is 6.44. The Kier molecular flexibility index (Phi) is 4.46. The first-order valence-corrected chi connectivity index (χ1v) is 9.14. The van der Waals surface area contributed by atoms with Crippen LogP contribution in [0.4, 0.5) is 5.82 Å². The van der Waals surface area contributed by atoms with Gasteiger partial charge in [-0.3, -0.25) is 19.6 Å². The van der Waals surface area contributed by atoms with Crippen molar-refractivity contribution < 1.29 is 4.79 Å². The number of benzene rings is 1. The van der Waals surface area contributed by atoms with Gasteiger partial charge < -0.3 is 5.32 Å². The van der Waals surface area contributed by atoms with E-state index in [2.05, 4.69) is 46.1 Å². The summed E-state index contributed by atoms with van der Waals surface area (Å²) < 4.78 is 1.41. The van der Waals surface area contributed by atoms with Crippen molar-refractivity contribution in [3.63, 3.8) is 0 Å². The fourth-order valence-corrected chi connectivity index (χ4v) is 2.91. The Bertz CT molecular complexity index is 1230. The Balaban J connectivity index is 1.72. The number of carbonyl (C=O) groups is 1.